The van der Waals surface area contributed by atoms with Crippen molar-refractivity contribution in [1.82, 2.24) is 0 Å². The predicted molar refractivity (Wildman–Crippen MR) is 92.9 cm³/mol. The van der Waals surface area contributed by atoms with Gasteiger partial charge in [-0.3, -0.25) is 0 Å². The highest BCUT2D eigenvalue weighted by Crippen LogP contribution is 2.35. The number of hydrogen-bond donors (Lipinski definition) is 0. The lowest BCUT2D eigenvalue weighted by atomic mass is 9.79. The molecule has 2 aromatic rings. The first-order chi connectivity index (χ1) is 12.1. The average Bonchev–Trinajstić information content (AvgIpc) is 2.64. The normalized spacial score (nSPS) is 19.9. The topological polar surface area (TPSA) is 50.1 Å². The van der Waals surface area contributed by atoms with E-state index >= 15 is 0 Å². The van der Waals surface area contributed by atoms with Gasteiger partial charge in [0.1, 0.15) is 0 Å². The van der Waals surface area contributed by atoms with Gasteiger partial charge in [-0.05, 0) is 60.6 Å². The zero-order chi connectivity index (χ0) is 17.8. The lowest BCUT2D eigenvalue weighted by Crippen LogP contribution is -2.12. The molecule has 0 spiro atoms. The van der Waals surface area contributed by atoms with Gasteiger partial charge in [0.15, 0.2) is 11.6 Å². The zero-order valence-corrected chi connectivity index (χ0v) is 14.2. The summed E-state index contributed by atoms with van der Waals surface area (Å²) in [4.78, 5) is 12.2. The Labute approximate surface area is 147 Å². The first-order valence-corrected chi connectivity index (χ1v) is 8.58. The van der Waals surface area contributed by atoms with Gasteiger partial charge in [0.2, 0.25) is 0 Å². The summed E-state index contributed by atoms with van der Waals surface area (Å²) in [5.41, 5.74) is 1.81. The van der Waals surface area contributed by atoms with Gasteiger partial charge in [0, 0.05) is 0 Å². The number of nitrogens with zero attached hydrogens (tertiary/aromatic N) is 1. The number of benzene rings is 2. The van der Waals surface area contributed by atoms with Crippen LogP contribution in [0.1, 0.15) is 60.0 Å². The molecule has 2 aromatic carbocycles. The van der Waals surface area contributed by atoms with E-state index in [0.29, 0.717) is 11.5 Å². The summed E-state index contributed by atoms with van der Waals surface area (Å²) in [6, 6.07) is 13.0. The molecule has 0 bridgehead atoms. The van der Waals surface area contributed by atoms with Crippen LogP contribution in [0, 0.1) is 23.1 Å². The van der Waals surface area contributed by atoms with Crippen LogP contribution in [0.2, 0.25) is 0 Å². The van der Waals surface area contributed by atoms with Crippen molar-refractivity contribution in [2.45, 2.75) is 38.5 Å². The van der Waals surface area contributed by atoms with Gasteiger partial charge in [-0.1, -0.05) is 31.9 Å². The predicted octanol–water partition coefficient (Wildman–Crippen LogP) is 5.21. The maximum Gasteiger partial charge on any atom is 0.343 e. The molecule has 0 unspecified atom stereocenters. The van der Waals surface area contributed by atoms with Crippen molar-refractivity contribution >= 4 is 5.97 Å². The number of hydrogen-bond acceptors (Lipinski definition) is 3. The summed E-state index contributed by atoms with van der Waals surface area (Å²) in [5.74, 6) is -0.146. The number of ether oxygens (including phenoxy) is 1. The van der Waals surface area contributed by atoms with E-state index in [1.807, 2.05) is 18.2 Å². The van der Waals surface area contributed by atoms with Crippen molar-refractivity contribution < 1.29 is 13.9 Å². The maximum absolute atomic E-state index is 13.8. The van der Waals surface area contributed by atoms with Crippen LogP contribution in [0.25, 0.3) is 0 Å². The molecule has 0 aromatic heterocycles. The van der Waals surface area contributed by atoms with Gasteiger partial charge in [0.25, 0.3) is 0 Å². The first-order valence-electron chi connectivity index (χ1n) is 8.58. The standard InChI is InChI=1S/C21H20FNO2/c1-14-2-5-16(6-3-14)17-7-9-18(10-8-17)21(24)25-20-11-4-15(13-23)12-19(20)22/h4,7-12,14,16H,2-3,5-6H2,1H3. The van der Waals surface area contributed by atoms with Crippen molar-refractivity contribution in [3.05, 3.63) is 65.0 Å². The summed E-state index contributed by atoms with van der Waals surface area (Å²) < 4.78 is 18.9. The largest absolute Gasteiger partial charge is 0.420 e. The Morgan fingerprint density at radius 3 is 2.40 bits per heavy atom. The van der Waals surface area contributed by atoms with Gasteiger partial charge in [-0.2, -0.15) is 5.26 Å². The first kappa shape index (κ1) is 17.2. The van der Waals surface area contributed by atoms with Crippen molar-refractivity contribution in [2.24, 2.45) is 5.92 Å². The fourth-order valence-corrected chi connectivity index (χ4v) is 3.30. The molecule has 0 aliphatic heterocycles. The number of rotatable bonds is 3. The van der Waals surface area contributed by atoms with E-state index in [9.17, 15) is 9.18 Å². The van der Waals surface area contributed by atoms with Crippen LogP contribution < -0.4 is 4.74 Å². The van der Waals surface area contributed by atoms with Crippen LogP contribution in [0.15, 0.2) is 42.5 Å². The zero-order valence-electron chi connectivity index (χ0n) is 14.2. The molecule has 0 atom stereocenters. The highest BCUT2D eigenvalue weighted by molar-refractivity contribution is 5.91. The van der Waals surface area contributed by atoms with Crippen molar-refractivity contribution in [2.75, 3.05) is 0 Å². The van der Waals surface area contributed by atoms with Gasteiger partial charge in [0.05, 0.1) is 17.2 Å². The van der Waals surface area contributed by atoms with Crippen LogP contribution >= 0.6 is 0 Å². The monoisotopic (exact) mass is 337 g/mol. The Morgan fingerprint density at radius 2 is 1.80 bits per heavy atom. The fraction of sp³-hybridized carbons (Fsp3) is 0.333. The molecule has 1 aliphatic rings. The molecule has 1 aliphatic carbocycles. The van der Waals surface area contributed by atoms with Crippen LogP contribution in [0.3, 0.4) is 0 Å². The van der Waals surface area contributed by atoms with E-state index in [-0.39, 0.29) is 11.3 Å². The second kappa shape index (κ2) is 7.48. The lowest BCUT2D eigenvalue weighted by Gasteiger charge is -2.26. The van der Waals surface area contributed by atoms with Crippen molar-refractivity contribution in [3.63, 3.8) is 0 Å². The van der Waals surface area contributed by atoms with Gasteiger partial charge < -0.3 is 4.74 Å². The van der Waals surface area contributed by atoms with E-state index in [1.54, 1.807) is 12.1 Å². The minimum absolute atomic E-state index is 0.172. The molecule has 25 heavy (non-hydrogen) atoms. The number of halogens is 1. The molecule has 0 heterocycles. The van der Waals surface area contributed by atoms with Crippen LogP contribution in [0.4, 0.5) is 4.39 Å². The third-order valence-corrected chi connectivity index (χ3v) is 4.90. The van der Waals surface area contributed by atoms with Gasteiger partial charge in [-0.15, -0.1) is 0 Å². The smallest absolute Gasteiger partial charge is 0.343 e. The molecule has 4 heteroatoms. The third kappa shape index (κ3) is 4.06. The van der Waals surface area contributed by atoms with Crippen molar-refractivity contribution in [3.8, 4) is 11.8 Å². The van der Waals surface area contributed by atoms with Crippen LogP contribution in [0.5, 0.6) is 5.75 Å². The third-order valence-electron chi connectivity index (χ3n) is 4.90. The molecule has 0 N–H and O–H groups in total. The Balaban J connectivity index is 1.68. The molecule has 0 amide bonds. The molecule has 3 nitrogen and oxygen atoms in total. The molecular weight excluding hydrogens is 317 g/mol. The van der Waals surface area contributed by atoms with E-state index in [2.05, 4.69) is 6.92 Å². The molecule has 0 radical (unpaired) electrons. The number of esters is 1. The minimum Gasteiger partial charge on any atom is -0.420 e. The summed E-state index contributed by atoms with van der Waals surface area (Å²) in [5, 5.41) is 8.74. The lowest BCUT2D eigenvalue weighted by molar-refractivity contribution is 0.0728. The number of nitriles is 1. The highest BCUT2D eigenvalue weighted by atomic mass is 19.1. The second-order valence-electron chi connectivity index (χ2n) is 6.73. The summed E-state index contributed by atoms with van der Waals surface area (Å²) in [6.07, 6.45) is 4.85. The molecule has 1 fully saturated rings. The summed E-state index contributed by atoms with van der Waals surface area (Å²) >= 11 is 0. The van der Waals surface area contributed by atoms with E-state index in [1.165, 1.54) is 43.4 Å². The average molecular weight is 337 g/mol. The minimum atomic E-state index is -0.722. The van der Waals surface area contributed by atoms with Crippen LogP contribution in [-0.4, -0.2) is 5.97 Å². The molecule has 3 rings (SSSR count). The van der Waals surface area contributed by atoms with Gasteiger partial charge >= 0.3 is 5.97 Å². The maximum atomic E-state index is 13.8. The quantitative estimate of drug-likeness (QED) is 0.570. The van der Waals surface area contributed by atoms with E-state index in [0.717, 1.165) is 12.0 Å². The molecule has 128 valence electrons. The fourth-order valence-electron chi connectivity index (χ4n) is 3.30. The Morgan fingerprint density at radius 1 is 1.12 bits per heavy atom. The molecule has 1 saturated carbocycles. The Hall–Kier alpha value is -2.67. The van der Waals surface area contributed by atoms with E-state index < -0.39 is 11.8 Å². The van der Waals surface area contributed by atoms with E-state index in [4.69, 9.17) is 10.00 Å². The second-order valence-corrected chi connectivity index (χ2v) is 6.73. The van der Waals surface area contributed by atoms with Gasteiger partial charge in [-0.25, -0.2) is 9.18 Å². The number of carbonyl (C=O) groups is 1. The highest BCUT2D eigenvalue weighted by Gasteiger charge is 2.20. The molecule has 0 saturated heterocycles. The Bertz CT molecular complexity index is 800. The Kier molecular flexibility index (Phi) is 5.14. The molecular formula is C21H20FNO2. The summed E-state index contributed by atoms with van der Waals surface area (Å²) in [6.45, 7) is 2.29. The van der Waals surface area contributed by atoms with Crippen LogP contribution in [-0.2, 0) is 0 Å². The number of carbonyl (C=O) groups excluding carboxylic acids is 1. The van der Waals surface area contributed by atoms with Crippen molar-refractivity contribution in [1.29, 1.82) is 5.26 Å². The SMILES string of the molecule is CC1CCC(c2ccc(C(=O)Oc3ccc(C#N)cc3F)cc2)CC1. The summed E-state index contributed by atoms with van der Waals surface area (Å²) in [7, 11) is 0.